The summed E-state index contributed by atoms with van der Waals surface area (Å²) in [6.45, 7) is 3.22. The summed E-state index contributed by atoms with van der Waals surface area (Å²) in [7, 11) is 3.81. The molecule has 186 valence electrons. The van der Waals surface area contributed by atoms with Crippen LogP contribution in [-0.2, 0) is 11.8 Å². The summed E-state index contributed by atoms with van der Waals surface area (Å²) in [4.78, 5) is 29.5. The monoisotopic (exact) mass is 478 g/mol. The zero-order chi connectivity index (χ0) is 24.4. The normalized spacial score (nSPS) is 20.3. The number of anilines is 2. The van der Waals surface area contributed by atoms with Gasteiger partial charge in [-0.05, 0) is 50.4 Å². The molecule has 10 nitrogen and oxygen atoms in total. The topological polar surface area (TPSA) is 118 Å². The SMILES string of the molecule is CC(=O)N(C)C[C@@H]1CCCN1c1cc(-c2cn(C(C3CC3)C3CC3)c(=O)c3c(N)n[nH]c23)nn1C. The highest BCUT2D eigenvalue weighted by atomic mass is 16.2. The van der Waals surface area contributed by atoms with Gasteiger partial charge in [-0.1, -0.05) is 0 Å². The molecule has 35 heavy (non-hydrogen) atoms. The van der Waals surface area contributed by atoms with Crippen LogP contribution in [0.25, 0.3) is 22.2 Å². The summed E-state index contributed by atoms with van der Waals surface area (Å²) >= 11 is 0. The number of carbonyl (C=O) groups excluding carboxylic acids is 1. The van der Waals surface area contributed by atoms with E-state index in [1.807, 2.05) is 29.5 Å². The van der Waals surface area contributed by atoms with Crippen LogP contribution in [0.5, 0.6) is 0 Å². The Morgan fingerprint density at radius 3 is 2.63 bits per heavy atom. The predicted molar refractivity (Wildman–Crippen MR) is 135 cm³/mol. The lowest BCUT2D eigenvalue weighted by Crippen LogP contribution is -2.41. The van der Waals surface area contributed by atoms with Crippen LogP contribution in [0.3, 0.4) is 0 Å². The van der Waals surface area contributed by atoms with Crippen LogP contribution >= 0.6 is 0 Å². The Kier molecular flexibility index (Phi) is 5.16. The summed E-state index contributed by atoms with van der Waals surface area (Å²) in [6.07, 6.45) is 8.83. The molecule has 1 amide bonds. The fourth-order valence-corrected chi connectivity index (χ4v) is 5.92. The van der Waals surface area contributed by atoms with Crippen molar-refractivity contribution in [2.75, 3.05) is 30.8 Å². The average Bonchev–Trinajstić information content (AvgIpc) is 3.72. The third-order valence-electron chi connectivity index (χ3n) is 8.14. The molecule has 2 aliphatic carbocycles. The number of aromatic nitrogens is 5. The number of fused-ring (bicyclic) bond motifs is 1. The molecule has 4 heterocycles. The van der Waals surface area contributed by atoms with Crippen molar-refractivity contribution in [1.82, 2.24) is 29.4 Å². The number of likely N-dealkylation sites (N-methyl/N-ethyl adjacent to an activating group) is 1. The molecule has 10 heteroatoms. The highest BCUT2D eigenvalue weighted by Crippen LogP contribution is 2.52. The first-order valence-corrected chi connectivity index (χ1v) is 12.7. The fourth-order valence-electron chi connectivity index (χ4n) is 5.92. The van der Waals surface area contributed by atoms with E-state index in [1.54, 1.807) is 11.8 Å². The summed E-state index contributed by atoms with van der Waals surface area (Å²) in [5, 5.41) is 12.5. The molecular formula is C25H34N8O2. The van der Waals surface area contributed by atoms with Crippen molar-refractivity contribution >= 4 is 28.4 Å². The van der Waals surface area contributed by atoms with E-state index in [0.29, 0.717) is 29.3 Å². The van der Waals surface area contributed by atoms with E-state index >= 15 is 0 Å². The number of nitrogen functional groups attached to an aromatic ring is 1. The highest BCUT2D eigenvalue weighted by molar-refractivity contribution is 5.97. The molecule has 0 radical (unpaired) electrons. The van der Waals surface area contributed by atoms with Gasteiger partial charge in [0.1, 0.15) is 11.2 Å². The van der Waals surface area contributed by atoms with Crippen LogP contribution < -0.4 is 16.2 Å². The number of nitrogens with two attached hydrogens (primary N) is 1. The number of H-pyrrole nitrogens is 1. The van der Waals surface area contributed by atoms with Gasteiger partial charge in [0.05, 0.1) is 11.2 Å². The van der Waals surface area contributed by atoms with E-state index in [9.17, 15) is 9.59 Å². The predicted octanol–water partition coefficient (Wildman–Crippen LogP) is 2.52. The maximum absolute atomic E-state index is 13.5. The molecule has 0 unspecified atom stereocenters. The second kappa shape index (κ2) is 8.13. The molecule has 1 atom stereocenters. The van der Waals surface area contributed by atoms with Crippen LogP contribution in [-0.4, -0.2) is 61.5 Å². The van der Waals surface area contributed by atoms with Crippen molar-refractivity contribution in [2.24, 2.45) is 18.9 Å². The lowest BCUT2D eigenvalue weighted by Gasteiger charge is -2.29. The molecule has 1 saturated heterocycles. The molecular weight excluding hydrogens is 444 g/mol. The summed E-state index contributed by atoms with van der Waals surface area (Å²) in [5.74, 6) is 2.47. The number of hydrogen-bond donors (Lipinski definition) is 2. The van der Waals surface area contributed by atoms with Gasteiger partial charge in [0.25, 0.3) is 5.56 Å². The van der Waals surface area contributed by atoms with E-state index in [-0.39, 0.29) is 29.4 Å². The van der Waals surface area contributed by atoms with Gasteiger partial charge >= 0.3 is 0 Å². The maximum Gasteiger partial charge on any atom is 0.264 e. The molecule has 3 aromatic heterocycles. The number of carbonyl (C=O) groups is 1. The van der Waals surface area contributed by atoms with Crippen LogP contribution in [0.15, 0.2) is 17.1 Å². The van der Waals surface area contributed by atoms with E-state index in [2.05, 4.69) is 21.2 Å². The average molecular weight is 479 g/mol. The Balaban J connectivity index is 1.42. The number of aryl methyl sites for hydroxylation is 1. The molecule has 0 bridgehead atoms. The minimum atomic E-state index is -0.0539. The van der Waals surface area contributed by atoms with Crippen molar-refractivity contribution < 1.29 is 4.79 Å². The number of rotatable bonds is 7. The van der Waals surface area contributed by atoms with Gasteiger partial charge in [-0.2, -0.15) is 10.2 Å². The summed E-state index contributed by atoms with van der Waals surface area (Å²) < 4.78 is 3.84. The number of hydrogen-bond acceptors (Lipinski definition) is 6. The first kappa shape index (κ1) is 22.2. The van der Waals surface area contributed by atoms with Crippen LogP contribution in [0.1, 0.15) is 51.5 Å². The molecule has 3 fully saturated rings. The minimum Gasteiger partial charge on any atom is -0.382 e. The Bertz CT molecular complexity index is 1330. The van der Waals surface area contributed by atoms with Gasteiger partial charge in [0, 0.05) is 64.0 Å². The quantitative estimate of drug-likeness (QED) is 0.539. The van der Waals surface area contributed by atoms with Gasteiger partial charge in [0.15, 0.2) is 5.82 Å². The van der Waals surface area contributed by atoms with Crippen molar-refractivity contribution in [1.29, 1.82) is 0 Å². The number of aromatic amines is 1. The highest BCUT2D eigenvalue weighted by Gasteiger charge is 2.43. The molecule has 0 aromatic carbocycles. The van der Waals surface area contributed by atoms with E-state index in [4.69, 9.17) is 10.8 Å². The Hall–Kier alpha value is -3.30. The summed E-state index contributed by atoms with van der Waals surface area (Å²) in [6, 6.07) is 2.57. The van der Waals surface area contributed by atoms with E-state index in [0.717, 1.165) is 36.5 Å². The zero-order valence-corrected chi connectivity index (χ0v) is 20.7. The maximum atomic E-state index is 13.5. The number of nitrogens with one attached hydrogen (secondary N) is 1. The molecule has 3 N–H and O–H groups in total. The molecule has 0 spiro atoms. The first-order valence-electron chi connectivity index (χ1n) is 12.7. The molecule has 6 rings (SSSR count). The largest absolute Gasteiger partial charge is 0.382 e. The van der Waals surface area contributed by atoms with E-state index in [1.165, 1.54) is 25.7 Å². The number of pyridine rings is 1. The zero-order valence-electron chi connectivity index (χ0n) is 20.7. The fraction of sp³-hybridized carbons (Fsp3) is 0.600. The van der Waals surface area contributed by atoms with Crippen molar-refractivity contribution in [3.05, 3.63) is 22.6 Å². The van der Waals surface area contributed by atoms with Gasteiger partial charge < -0.3 is 20.1 Å². The standard InChI is InChI=1S/C25H34N8O2/c1-14(34)30(2)12-17-5-4-10-32(17)20-11-19(29-31(20)3)18-13-33(23(15-6-7-15)16-8-9-16)25(35)21-22(18)27-28-24(21)26/h11,13,15-17,23H,4-10,12H2,1-3H3,(H3,26,27,28)/t17-/m0/s1. The van der Waals surface area contributed by atoms with Crippen molar-refractivity contribution in [3.8, 4) is 11.3 Å². The minimum absolute atomic E-state index is 0.0539. The number of nitrogens with zero attached hydrogens (tertiary/aromatic N) is 6. The molecule has 3 aliphatic rings. The van der Waals surface area contributed by atoms with Crippen molar-refractivity contribution in [2.45, 2.75) is 57.5 Å². The third-order valence-corrected chi connectivity index (χ3v) is 8.14. The first-order chi connectivity index (χ1) is 16.8. The van der Waals surface area contributed by atoms with Gasteiger partial charge in [0.2, 0.25) is 5.91 Å². The second-order valence-electron chi connectivity index (χ2n) is 10.7. The third kappa shape index (κ3) is 3.79. The van der Waals surface area contributed by atoms with Crippen LogP contribution in [0, 0.1) is 11.8 Å². The smallest absolute Gasteiger partial charge is 0.264 e. The lowest BCUT2D eigenvalue weighted by molar-refractivity contribution is -0.127. The molecule has 3 aromatic rings. The molecule has 1 aliphatic heterocycles. The van der Waals surface area contributed by atoms with Gasteiger partial charge in [-0.25, -0.2) is 0 Å². The second-order valence-corrected chi connectivity index (χ2v) is 10.7. The number of amides is 1. The Morgan fingerprint density at radius 1 is 1.26 bits per heavy atom. The lowest BCUT2D eigenvalue weighted by atomic mass is 10.0. The van der Waals surface area contributed by atoms with Crippen LogP contribution in [0.4, 0.5) is 11.6 Å². The Labute approximate surface area is 204 Å². The van der Waals surface area contributed by atoms with Gasteiger partial charge in [-0.3, -0.25) is 19.4 Å². The van der Waals surface area contributed by atoms with Gasteiger partial charge in [-0.15, -0.1) is 0 Å². The van der Waals surface area contributed by atoms with Crippen molar-refractivity contribution in [3.63, 3.8) is 0 Å². The van der Waals surface area contributed by atoms with Crippen LogP contribution in [0.2, 0.25) is 0 Å². The summed E-state index contributed by atoms with van der Waals surface area (Å²) in [5.41, 5.74) is 8.42. The van der Waals surface area contributed by atoms with E-state index < -0.39 is 0 Å². The Morgan fingerprint density at radius 2 is 1.97 bits per heavy atom. The molecule has 2 saturated carbocycles.